The van der Waals surface area contributed by atoms with Crippen molar-refractivity contribution in [3.8, 4) is 0 Å². The fourth-order valence-electron chi connectivity index (χ4n) is 3.22. The summed E-state index contributed by atoms with van der Waals surface area (Å²) in [5.74, 6) is 1.81. The van der Waals surface area contributed by atoms with Crippen LogP contribution in [0.4, 0.5) is 0 Å². The molecule has 1 aliphatic carbocycles. The quantitative estimate of drug-likeness (QED) is 0.854. The van der Waals surface area contributed by atoms with Crippen molar-refractivity contribution in [3.63, 3.8) is 0 Å². The van der Waals surface area contributed by atoms with Crippen LogP contribution in [0.5, 0.6) is 0 Å². The van der Waals surface area contributed by atoms with Gasteiger partial charge in [0.25, 0.3) is 0 Å². The molecular formula is C13H22N4OS. The van der Waals surface area contributed by atoms with E-state index >= 15 is 0 Å². The molecule has 0 radical (unpaired) electrons. The maximum atomic E-state index is 6.30. The van der Waals surface area contributed by atoms with E-state index in [1.54, 1.807) is 11.8 Å². The molecule has 2 fully saturated rings. The zero-order valence-electron chi connectivity index (χ0n) is 11.5. The van der Waals surface area contributed by atoms with Crippen LogP contribution >= 0.6 is 11.8 Å². The van der Waals surface area contributed by atoms with E-state index < -0.39 is 0 Å². The van der Waals surface area contributed by atoms with Gasteiger partial charge in [0, 0.05) is 12.8 Å². The highest BCUT2D eigenvalue weighted by atomic mass is 32.2. The molecule has 1 aromatic heterocycles. The minimum atomic E-state index is 0.230. The van der Waals surface area contributed by atoms with Gasteiger partial charge in [0.1, 0.15) is 5.82 Å². The first-order valence-electron chi connectivity index (χ1n) is 7.11. The van der Waals surface area contributed by atoms with Gasteiger partial charge < -0.3 is 15.0 Å². The van der Waals surface area contributed by atoms with Gasteiger partial charge >= 0.3 is 0 Å². The molecule has 0 bridgehead atoms. The van der Waals surface area contributed by atoms with Crippen molar-refractivity contribution in [2.75, 3.05) is 5.75 Å². The fourth-order valence-corrected chi connectivity index (χ4v) is 4.18. The second kappa shape index (κ2) is 5.42. The van der Waals surface area contributed by atoms with Gasteiger partial charge in [-0.2, -0.15) is 0 Å². The third-order valence-electron chi connectivity index (χ3n) is 4.36. The fraction of sp³-hybridized carbons (Fsp3) is 0.846. The molecular weight excluding hydrogens is 260 g/mol. The number of nitrogens with two attached hydrogens (primary N) is 1. The average Bonchev–Trinajstić information content (AvgIpc) is 3.11. The average molecular weight is 282 g/mol. The summed E-state index contributed by atoms with van der Waals surface area (Å²) >= 11 is 1.73. The molecule has 0 aromatic carbocycles. The molecule has 0 amide bonds. The van der Waals surface area contributed by atoms with Gasteiger partial charge in [-0.05, 0) is 25.7 Å². The molecule has 1 saturated heterocycles. The Morgan fingerprint density at radius 2 is 2.16 bits per heavy atom. The van der Waals surface area contributed by atoms with Gasteiger partial charge in [0.05, 0.1) is 18.2 Å². The number of aromatic nitrogens is 3. The van der Waals surface area contributed by atoms with E-state index in [1.165, 1.54) is 38.5 Å². The predicted octanol–water partition coefficient (Wildman–Crippen LogP) is 1.86. The molecule has 2 heterocycles. The van der Waals surface area contributed by atoms with Crippen molar-refractivity contribution in [3.05, 3.63) is 5.82 Å². The summed E-state index contributed by atoms with van der Waals surface area (Å²) in [5, 5.41) is 9.19. The highest BCUT2D eigenvalue weighted by molar-refractivity contribution is 7.99. The van der Waals surface area contributed by atoms with Gasteiger partial charge in [-0.15, -0.1) is 10.2 Å². The van der Waals surface area contributed by atoms with E-state index in [1.807, 2.05) is 11.6 Å². The molecule has 2 aliphatic rings. The molecule has 1 spiro atoms. The summed E-state index contributed by atoms with van der Waals surface area (Å²) < 4.78 is 8.28. The summed E-state index contributed by atoms with van der Waals surface area (Å²) in [7, 11) is 1.97. The third kappa shape index (κ3) is 2.66. The second-order valence-corrected chi connectivity index (χ2v) is 6.63. The zero-order chi connectivity index (χ0) is 13.3. The molecule has 6 heteroatoms. The maximum Gasteiger partial charge on any atom is 0.191 e. The van der Waals surface area contributed by atoms with Crippen LogP contribution in [0.15, 0.2) is 5.16 Å². The first kappa shape index (κ1) is 13.4. The normalized spacial score (nSPS) is 25.5. The van der Waals surface area contributed by atoms with Crippen LogP contribution in [0.2, 0.25) is 0 Å². The number of hydrogen-bond acceptors (Lipinski definition) is 5. The Balaban J connectivity index is 1.54. The molecule has 1 unspecified atom stereocenters. The summed E-state index contributed by atoms with van der Waals surface area (Å²) in [4.78, 5) is 0. The number of nitrogens with zero attached hydrogens (tertiary/aromatic N) is 3. The van der Waals surface area contributed by atoms with E-state index in [4.69, 9.17) is 10.5 Å². The lowest BCUT2D eigenvalue weighted by molar-refractivity contribution is -0.0267. The topological polar surface area (TPSA) is 66.0 Å². The Labute approximate surface area is 118 Å². The minimum Gasteiger partial charge on any atom is -0.371 e. The van der Waals surface area contributed by atoms with E-state index in [0.717, 1.165) is 16.7 Å². The predicted molar refractivity (Wildman–Crippen MR) is 74.9 cm³/mol. The molecule has 106 valence electrons. The van der Waals surface area contributed by atoms with Crippen LogP contribution in [0, 0.1) is 0 Å². The van der Waals surface area contributed by atoms with Crippen molar-refractivity contribution in [1.29, 1.82) is 0 Å². The first-order valence-corrected chi connectivity index (χ1v) is 8.10. The van der Waals surface area contributed by atoms with Crippen LogP contribution in [0.25, 0.3) is 0 Å². The Morgan fingerprint density at radius 3 is 2.84 bits per heavy atom. The lowest BCUT2D eigenvalue weighted by atomic mass is 9.98. The number of rotatable bonds is 4. The van der Waals surface area contributed by atoms with Crippen LogP contribution in [-0.4, -0.2) is 32.2 Å². The van der Waals surface area contributed by atoms with Gasteiger partial charge in [-0.1, -0.05) is 24.6 Å². The molecule has 5 nitrogen and oxygen atoms in total. The van der Waals surface area contributed by atoms with Crippen molar-refractivity contribution >= 4 is 11.8 Å². The molecule has 1 atom stereocenters. The Bertz CT molecular complexity index is 442. The summed E-state index contributed by atoms with van der Waals surface area (Å²) in [6.07, 6.45) is 8.00. The van der Waals surface area contributed by atoms with Crippen LogP contribution < -0.4 is 5.73 Å². The third-order valence-corrected chi connectivity index (χ3v) is 5.51. The Morgan fingerprint density at radius 1 is 1.37 bits per heavy atom. The van der Waals surface area contributed by atoms with Crippen molar-refractivity contribution in [2.45, 2.75) is 61.9 Å². The molecule has 1 saturated carbocycles. The van der Waals surface area contributed by atoms with Crippen LogP contribution in [-0.2, 0) is 18.3 Å². The van der Waals surface area contributed by atoms with E-state index in [9.17, 15) is 0 Å². The van der Waals surface area contributed by atoms with Crippen molar-refractivity contribution < 1.29 is 4.74 Å². The maximum absolute atomic E-state index is 6.30. The summed E-state index contributed by atoms with van der Waals surface area (Å²) in [6, 6.07) is 0. The highest BCUT2D eigenvalue weighted by Crippen LogP contribution is 2.44. The standard InChI is InChI=1S/C13H22N4OS/c1-17-11(8-14)15-16-12(17)19-9-10-4-7-13(18-10)5-2-3-6-13/h10H,2-9,14H2,1H3. The molecule has 3 rings (SSSR count). The second-order valence-electron chi connectivity index (χ2n) is 5.64. The Kier molecular flexibility index (Phi) is 3.82. The first-order chi connectivity index (χ1) is 9.22. The number of ether oxygens (including phenoxy) is 1. The van der Waals surface area contributed by atoms with Gasteiger partial charge in [-0.25, -0.2) is 0 Å². The molecule has 19 heavy (non-hydrogen) atoms. The number of hydrogen-bond donors (Lipinski definition) is 1. The van der Waals surface area contributed by atoms with Crippen molar-refractivity contribution in [2.24, 2.45) is 12.8 Å². The van der Waals surface area contributed by atoms with Crippen LogP contribution in [0.1, 0.15) is 44.3 Å². The minimum absolute atomic E-state index is 0.230. The molecule has 2 N–H and O–H groups in total. The van der Waals surface area contributed by atoms with Crippen molar-refractivity contribution in [1.82, 2.24) is 14.8 Å². The van der Waals surface area contributed by atoms with Gasteiger partial charge in [-0.3, -0.25) is 0 Å². The Hall–Kier alpha value is -0.590. The zero-order valence-corrected chi connectivity index (χ0v) is 12.3. The van der Waals surface area contributed by atoms with Gasteiger partial charge in [0.2, 0.25) is 0 Å². The SMILES string of the molecule is Cn1c(CN)nnc1SCC1CCC2(CCCC2)O1. The monoisotopic (exact) mass is 282 g/mol. The lowest BCUT2D eigenvalue weighted by Gasteiger charge is -2.23. The highest BCUT2D eigenvalue weighted by Gasteiger charge is 2.42. The van der Waals surface area contributed by atoms with Crippen LogP contribution in [0.3, 0.4) is 0 Å². The van der Waals surface area contributed by atoms with E-state index in [2.05, 4.69) is 10.2 Å². The summed E-state index contributed by atoms with van der Waals surface area (Å²) in [6.45, 7) is 0.438. The smallest absolute Gasteiger partial charge is 0.191 e. The van der Waals surface area contributed by atoms with E-state index in [0.29, 0.717) is 12.6 Å². The number of thioether (sulfide) groups is 1. The lowest BCUT2D eigenvalue weighted by Crippen LogP contribution is -2.25. The van der Waals surface area contributed by atoms with E-state index in [-0.39, 0.29) is 5.60 Å². The summed E-state index contributed by atoms with van der Waals surface area (Å²) in [5.41, 5.74) is 5.83. The van der Waals surface area contributed by atoms with Gasteiger partial charge in [0.15, 0.2) is 5.16 Å². The largest absolute Gasteiger partial charge is 0.371 e. The molecule has 1 aromatic rings. The molecule has 1 aliphatic heterocycles.